The summed E-state index contributed by atoms with van der Waals surface area (Å²) in [6, 6.07) is 20.6. The molecule has 0 atom stereocenters. The van der Waals surface area contributed by atoms with Crippen molar-refractivity contribution in [2.75, 3.05) is 6.61 Å². The maximum Gasteiger partial charge on any atom is 0.258 e. The van der Waals surface area contributed by atoms with Crippen molar-refractivity contribution in [3.8, 4) is 5.75 Å². The lowest BCUT2D eigenvalue weighted by molar-refractivity contribution is -0.123. The molecule has 0 fully saturated rings. The zero-order valence-electron chi connectivity index (χ0n) is 14.8. The Morgan fingerprint density at radius 3 is 1.82 bits per heavy atom. The first-order valence-corrected chi connectivity index (χ1v) is 9.31. The smallest absolute Gasteiger partial charge is 0.258 e. The van der Waals surface area contributed by atoms with Gasteiger partial charge < -0.3 is 10.1 Å². The quantitative estimate of drug-likeness (QED) is 0.559. The minimum absolute atomic E-state index is 0.107. The second-order valence-corrected chi connectivity index (χ2v) is 6.93. The summed E-state index contributed by atoms with van der Waals surface area (Å²) in [5.74, 6) is 0.162. The molecule has 0 aliphatic carbocycles. The number of halogens is 2. The third-order valence-electron chi connectivity index (χ3n) is 4.00. The summed E-state index contributed by atoms with van der Waals surface area (Å²) in [5.41, 5.74) is 2.03. The van der Waals surface area contributed by atoms with Crippen molar-refractivity contribution in [2.45, 2.75) is 6.54 Å². The van der Waals surface area contributed by atoms with Crippen LogP contribution in [0.4, 0.5) is 0 Å². The van der Waals surface area contributed by atoms with E-state index in [4.69, 9.17) is 27.9 Å². The van der Waals surface area contributed by atoms with E-state index in [-0.39, 0.29) is 18.3 Å². The van der Waals surface area contributed by atoms with Crippen LogP contribution in [0.2, 0.25) is 10.0 Å². The van der Waals surface area contributed by atoms with Crippen LogP contribution in [0.3, 0.4) is 0 Å². The average molecular weight is 414 g/mol. The molecule has 0 unspecified atom stereocenters. The molecule has 3 aromatic rings. The summed E-state index contributed by atoms with van der Waals surface area (Å²) in [5, 5.41) is 4.00. The van der Waals surface area contributed by atoms with Gasteiger partial charge in [0.15, 0.2) is 12.4 Å². The van der Waals surface area contributed by atoms with Crippen LogP contribution in [0.15, 0.2) is 72.8 Å². The average Bonchev–Trinajstić information content (AvgIpc) is 2.72. The normalized spacial score (nSPS) is 10.4. The Bertz CT molecular complexity index is 953. The van der Waals surface area contributed by atoms with Gasteiger partial charge in [-0.2, -0.15) is 0 Å². The summed E-state index contributed by atoms with van der Waals surface area (Å²) in [7, 11) is 0. The molecule has 142 valence electrons. The van der Waals surface area contributed by atoms with Crippen molar-refractivity contribution in [3.63, 3.8) is 0 Å². The predicted octanol–water partition coefficient (Wildman–Crippen LogP) is 4.92. The van der Waals surface area contributed by atoms with E-state index in [9.17, 15) is 9.59 Å². The number of nitrogens with one attached hydrogen (secondary N) is 1. The second-order valence-electron chi connectivity index (χ2n) is 6.05. The molecule has 0 saturated heterocycles. The number of amides is 1. The zero-order valence-corrected chi connectivity index (χ0v) is 16.3. The Hall–Kier alpha value is -2.82. The van der Waals surface area contributed by atoms with Crippen LogP contribution in [-0.2, 0) is 11.3 Å². The van der Waals surface area contributed by atoms with Gasteiger partial charge >= 0.3 is 0 Å². The Kier molecular flexibility index (Phi) is 6.69. The lowest BCUT2D eigenvalue weighted by Gasteiger charge is -2.08. The van der Waals surface area contributed by atoms with Crippen LogP contribution in [0.1, 0.15) is 21.5 Å². The molecule has 1 amide bonds. The molecule has 3 rings (SSSR count). The van der Waals surface area contributed by atoms with Crippen molar-refractivity contribution in [2.24, 2.45) is 0 Å². The van der Waals surface area contributed by atoms with Crippen molar-refractivity contribution >= 4 is 34.9 Å². The van der Waals surface area contributed by atoms with Gasteiger partial charge in [-0.1, -0.05) is 35.3 Å². The van der Waals surface area contributed by atoms with Crippen LogP contribution in [0.25, 0.3) is 0 Å². The SMILES string of the molecule is O=C(COc1ccc(C(=O)c2ccc(Cl)cc2)cc1)NCc1ccc(Cl)cc1. The van der Waals surface area contributed by atoms with E-state index >= 15 is 0 Å². The van der Waals surface area contributed by atoms with E-state index in [1.165, 1.54) is 0 Å². The highest BCUT2D eigenvalue weighted by molar-refractivity contribution is 6.31. The van der Waals surface area contributed by atoms with Gasteiger partial charge in [0.05, 0.1) is 0 Å². The molecule has 6 heteroatoms. The fourth-order valence-electron chi connectivity index (χ4n) is 2.47. The molecule has 0 saturated carbocycles. The highest BCUT2D eigenvalue weighted by atomic mass is 35.5. The lowest BCUT2D eigenvalue weighted by Crippen LogP contribution is -2.28. The summed E-state index contributed by atoms with van der Waals surface area (Å²) in [6.45, 7) is 0.284. The fraction of sp³-hybridized carbons (Fsp3) is 0.0909. The van der Waals surface area contributed by atoms with Crippen molar-refractivity contribution in [3.05, 3.63) is 99.5 Å². The van der Waals surface area contributed by atoms with E-state index in [2.05, 4.69) is 5.32 Å². The number of ketones is 1. The molecular formula is C22H17Cl2NO3. The van der Waals surface area contributed by atoms with Crippen molar-refractivity contribution in [1.29, 1.82) is 0 Å². The van der Waals surface area contributed by atoms with Gasteiger partial charge in [0.2, 0.25) is 0 Å². The van der Waals surface area contributed by atoms with Gasteiger partial charge in [0.25, 0.3) is 5.91 Å². The van der Waals surface area contributed by atoms with E-state index in [1.54, 1.807) is 60.7 Å². The van der Waals surface area contributed by atoms with Gasteiger partial charge in [-0.15, -0.1) is 0 Å². The number of hydrogen-bond donors (Lipinski definition) is 1. The molecule has 0 aliphatic rings. The number of hydrogen-bond acceptors (Lipinski definition) is 3. The molecule has 1 N–H and O–H groups in total. The summed E-state index contributed by atoms with van der Waals surface area (Å²) < 4.78 is 5.47. The number of ether oxygens (including phenoxy) is 1. The first kappa shape index (κ1) is 19.9. The molecule has 4 nitrogen and oxygen atoms in total. The Balaban J connectivity index is 1.49. The molecule has 0 bridgehead atoms. The number of benzene rings is 3. The monoisotopic (exact) mass is 413 g/mol. The van der Waals surface area contributed by atoms with Gasteiger partial charge in [-0.3, -0.25) is 9.59 Å². The van der Waals surface area contributed by atoms with Gasteiger partial charge in [0, 0.05) is 27.7 Å². The molecular weight excluding hydrogens is 397 g/mol. The third-order valence-corrected chi connectivity index (χ3v) is 4.50. The zero-order chi connectivity index (χ0) is 19.9. The van der Waals surface area contributed by atoms with Gasteiger partial charge in [0.1, 0.15) is 5.75 Å². The molecule has 0 aliphatic heterocycles. The Labute approximate surface area is 173 Å². The molecule has 3 aromatic carbocycles. The molecule has 28 heavy (non-hydrogen) atoms. The van der Waals surface area contributed by atoms with E-state index in [0.29, 0.717) is 33.5 Å². The number of carbonyl (C=O) groups excluding carboxylic acids is 2. The topological polar surface area (TPSA) is 55.4 Å². The minimum Gasteiger partial charge on any atom is -0.484 e. The first-order chi connectivity index (χ1) is 13.5. The van der Waals surface area contributed by atoms with Crippen LogP contribution in [0.5, 0.6) is 5.75 Å². The Morgan fingerprint density at radius 2 is 1.25 bits per heavy atom. The summed E-state index contributed by atoms with van der Waals surface area (Å²) >= 11 is 11.7. The predicted molar refractivity (Wildman–Crippen MR) is 110 cm³/mol. The Morgan fingerprint density at radius 1 is 0.750 bits per heavy atom. The summed E-state index contributed by atoms with van der Waals surface area (Å²) in [4.78, 5) is 24.3. The lowest BCUT2D eigenvalue weighted by atomic mass is 10.0. The van der Waals surface area contributed by atoms with Crippen LogP contribution >= 0.6 is 23.2 Å². The van der Waals surface area contributed by atoms with Crippen molar-refractivity contribution < 1.29 is 14.3 Å². The maximum absolute atomic E-state index is 12.4. The van der Waals surface area contributed by atoms with Crippen LogP contribution in [0, 0.1) is 0 Å². The van der Waals surface area contributed by atoms with E-state index < -0.39 is 0 Å². The largest absolute Gasteiger partial charge is 0.484 e. The number of rotatable bonds is 7. The van der Waals surface area contributed by atoms with E-state index in [1.807, 2.05) is 12.1 Å². The highest BCUT2D eigenvalue weighted by Gasteiger charge is 2.09. The fourth-order valence-corrected chi connectivity index (χ4v) is 2.73. The van der Waals surface area contributed by atoms with Crippen LogP contribution < -0.4 is 10.1 Å². The summed E-state index contributed by atoms with van der Waals surface area (Å²) in [6.07, 6.45) is 0. The third kappa shape index (κ3) is 5.59. The number of carbonyl (C=O) groups is 2. The first-order valence-electron chi connectivity index (χ1n) is 8.55. The molecule has 0 spiro atoms. The molecule has 0 aromatic heterocycles. The second kappa shape index (κ2) is 9.40. The van der Waals surface area contributed by atoms with Gasteiger partial charge in [-0.05, 0) is 66.2 Å². The molecule has 0 radical (unpaired) electrons. The van der Waals surface area contributed by atoms with Crippen molar-refractivity contribution in [1.82, 2.24) is 5.32 Å². The van der Waals surface area contributed by atoms with E-state index in [0.717, 1.165) is 5.56 Å². The highest BCUT2D eigenvalue weighted by Crippen LogP contribution is 2.17. The molecule has 0 heterocycles. The minimum atomic E-state index is -0.240. The maximum atomic E-state index is 12.4. The van der Waals surface area contributed by atoms with Gasteiger partial charge in [-0.25, -0.2) is 0 Å². The van der Waals surface area contributed by atoms with Crippen LogP contribution in [-0.4, -0.2) is 18.3 Å². The standard InChI is InChI=1S/C22H17Cl2NO3/c23-18-7-1-15(2-8-18)13-25-21(26)14-28-20-11-5-17(6-12-20)22(27)16-3-9-19(24)10-4-16/h1-12H,13-14H2,(H,25,26).